The van der Waals surface area contributed by atoms with Crippen LogP contribution in [0, 0.1) is 0 Å². The maximum atomic E-state index is 5.55. The van der Waals surface area contributed by atoms with Crippen LogP contribution in [-0.2, 0) is 11.2 Å². The Morgan fingerprint density at radius 3 is 2.53 bits per heavy atom. The van der Waals surface area contributed by atoms with Gasteiger partial charge in [0.2, 0.25) is 0 Å². The monoisotopic (exact) mass is 221 g/mol. The van der Waals surface area contributed by atoms with Gasteiger partial charge in [-0.3, -0.25) is 0 Å². The van der Waals surface area contributed by atoms with Crippen LogP contribution in [0.15, 0.2) is 30.3 Å². The molecule has 0 aliphatic carbocycles. The number of benzene rings is 1. The Balaban J connectivity index is 2.10. The third kappa shape index (κ3) is 2.29. The van der Waals surface area contributed by atoms with Crippen LogP contribution < -0.4 is 5.32 Å². The fourth-order valence-corrected chi connectivity index (χ4v) is 2.16. The summed E-state index contributed by atoms with van der Waals surface area (Å²) in [6.07, 6.45) is 0.938. The second kappa shape index (κ2) is 3.81. The summed E-state index contributed by atoms with van der Waals surface area (Å²) in [5, 5.41) is 3.72. The normalized spacial score (nSPS) is 23.3. The van der Waals surface area contributed by atoms with Gasteiger partial charge in [-0.25, -0.2) is 0 Å². The molecule has 1 aliphatic rings. The van der Waals surface area contributed by atoms with E-state index in [1.54, 1.807) is 0 Å². The summed E-state index contributed by atoms with van der Waals surface area (Å²) < 4.78 is 5.55. The smallest absolute Gasteiger partial charge is 0.257 e. The number of thiocarbonyl (C=S) groups is 1. The van der Waals surface area contributed by atoms with E-state index in [2.05, 4.69) is 43.4 Å². The third-order valence-corrected chi connectivity index (χ3v) is 2.97. The third-order valence-electron chi connectivity index (χ3n) is 2.77. The topological polar surface area (TPSA) is 21.3 Å². The predicted octanol–water partition coefficient (Wildman–Crippen LogP) is 2.28. The van der Waals surface area contributed by atoms with E-state index in [0.29, 0.717) is 5.17 Å². The number of rotatable bonds is 2. The van der Waals surface area contributed by atoms with E-state index in [-0.39, 0.29) is 11.6 Å². The SMILES string of the molecule is CC1(C)OC(=S)N[C@H]1Cc1ccccc1. The standard InChI is InChI=1S/C12H15NOS/c1-12(2)10(13-11(15)14-12)8-9-6-4-3-5-7-9/h3-7,10H,8H2,1-2H3,(H,13,15)/t10-/m0/s1. The van der Waals surface area contributed by atoms with E-state index in [4.69, 9.17) is 17.0 Å². The molecule has 1 fully saturated rings. The van der Waals surface area contributed by atoms with Gasteiger partial charge in [0.25, 0.3) is 5.17 Å². The summed E-state index contributed by atoms with van der Waals surface area (Å²) in [5.74, 6) is 0. The molecular weight excluding hydrogens is 206 g/mol. The van der Waals surface area contributed by atoms with Crippen LogP contribution in [0.25, 0.3) is 0 Å². The molecule has 2 rings (SSSR count). The van der Waals surface area contributed by atoms with E-state index in [9.17, 15) is 0 Å². The molecule has 0 bridgehead atoms. The number of hydrogen-bond donors (Lipinski definition) is 1. The number of nitrogens with one attached hydrogen (secondary N) is 1. The minimum atomic E-state index is -0.215. The molecule has 0 amide bonds. The highest BCUT2D eigenvalue weighted by molar-refractivity contribution is 7.80. The molecule has 1 N–H and O–H groups in total. The van der Waals surface area contributed by atoms with Gasteiger partial charge in [0, 0.05) is 0 Å². The molecule has 1 aromatic rings. The van der Waals surface area contributed by atoms with Crippen molar-refractivity contribution >= 4 is 17.4 Å². The van der Waals surface area contributed by atoms with Crippen molar-refractivity contribution in [2.45, 2.75) is 31.9 Å². The minimum Gasteiger partial charge on any atom is -0.463 e. The van der Waals surface area contributed by atoms with Crippen LogP contribution in [0.4, 0.5) is 0 Å². The van der Waals surface area contributed by atoms with Gasteiger partial charge in [-0.2, -0.15) is 0 Å². The maximum absolute atomic E-state index is 5.55. The molecule has 1 aromatic carbocycles. The van der Waals surface area contributed by atoms with Crippen molar-refractivity contribution in [1.82, 2.24) is 5.32 Å². The summed E-state index contributed by atoms with van der Waals surface area (Å²) in [6, 6.07) is 10.6. The number of hydrogen-bond acceptors (Lipinski definition) is 2. The molecule has 1 atom stereocenters. The molecule has 0 radical (unpaired) electrons. The van der Waals surface area contributed by atoms with Gasteiger partial charge in [0.1, 0.15) is 5.60 Å². The van der Waals surface area contributed by atoms with Crippen LogP contribution >= 0.6 is 12.2 Å². The summed E-state index contributed by atoms with van der Waals surface area (Å²) in [5.41, 5.74) is 1.09. The first kappa shape index (κ1) is 10.4. The molecule has 0 saturated carbocycles. The summed E-state index contributed by atoms with van der Waals surface area (Å²) in [7, 11) is 0. The van der Waals surface area contributed by atoms with Crippen molar-refractivity contribution in [2.24, 2.45) is 0 Å². The molecule has 0 aromatic heterocycles. The highest BCUT2D eigenvalue weighted by atomic mass is 32.1. The predicted molar refractivity (Wildman–Crippen MR) is 64.8 cm³/mol. The summed E-state index contributed by atoms with van der Waals surface area (Å²) in [6.45, 7) is 4.12. The largest absolute Gasteiger partial charge is 0.463 e. The van der Waals surface area contributed by atoms with Crippen molar-refractivity contribution < 1.29 is 4.74 Å². The van der Waals surface area contributed by atoms with Gasteiger partial charge < -0.3 is 10.1 Å². The van der Waals surface area contributed by atoms with Crippen molar-refractivity contribution in [3.05, 3.63) is 35.9 Å². The van der Waals surface area contributed by atoms with Crippen molar-refractivity contribution in [2.75, 3.05) is 0 Å². The molecule has 0 unspecified atom stereocenters. The fraction of sp³-hybridized carbons (Fsp3) is 0.417. The van der Waals surface area contributed by atoms with Gasteiger partial charge in [0.15, 0.2) is 0 Å². The van der Waals surface area contributed by atoms with E-state index < -0.39 is 0 Å². The Morgan fingerprint density at radius 2 is 2.00 bits per heavy atom. The van der Waals surface area contributed by atoms with E-state index in [0.717, 1.165) is 6.42 Å². The summed E-state index contributed by atoms with van der Waals surface area (Å²) in [4.78, 5) is 0. The fourth-order valence-electron chi connectivity index (χ4n) is 1.80. The van der Waals surface area contributed by atoms with E-state index >= 15 is 0 Å². The van der Waals surface area contributed by atoms with Crippen LogP contribution in [-0.4, -0.2) is 16.8 Å². The zero-order valence-corrected chi connectivity index (χ0v) is 9.80. The molecule has 3 heteroatoms. The van der Waals surface area contributed by atoms with E-state index in [1.807, 2.05) is 6.07 Å². The lowest BCUT2D eigenvalue weighted by atomic mass is 9.93. The molecular formula is C12H15NOS. The van der Waals surface area contributed by atoms with Crippen molar-refractivity contribution in [3.63, 3.8) is 0 Å². The Morgan fingerprint density at radius 1 is 1.33 bits per heavy atom. The average Bonchev–Trinajstić information content (AvgIpc) is 2.41. The Bertz CT molecular complexity index is 361. The Labute approximate surface area is 95.6 Å². The Kier molecular flexibility index (Phi) is 2.65. The lowest BCUT2D eigenvalue weighted by molar-refractivity contribution is 0.106. The van der Waals surface area contributed by atoms with Crippen molar-refractivity contribution in [3.8, 4) is 0 Å². The number of ether oxygens (including phenoxy) is 1. The maximum Gasteiger partial charge on any atom is 0.257 e. The van der Waals surface area contributed by atoms with Gasteiger partial charge in [-0.05, 0) is 38.0 Å². The lowest BCUT2D eigenvalue weighted by Crippen LogP contribution is -2.40. The Hall–Kier alpha value is -1.09. The van der Waals surface area contributed by atoms with Gasteiger partial charge in [-0.15, -0.1) is 0 Å². The molecule has 80 valence electrons. The van der Waals surface area contributed by atoms with Crippen LogP contribution in [0.2, 0.25) is 0 Å². The average molecular weight is 221 g/mol. The molecule has 1 heterocycles. The highest BCUT2D eigenvalue weighted by Crippen LogP contribution is 2.24. The van der Waals surface area contributed by atoms with E-state index in [1.165, 1.54) is 5.56 Å². The second-order valence-corrected chi connectivity index (χ2v) is 4.75. The summed E-state index contributed by atoms with van der Waals surface area (Å²) >= 11 is 5.03. The van der Waals surface area contributed by atoms with Crippen LogP contribution in [0.5, 0.6) is 0 Å². The molecule has 2 nitrogen and oxygen atoms in total. The van der Waals surface area contributed by atoms with Crippen LogP contribution in [0.3, 0.4) is 0 Å². The van der Waals surface area contributed by atoms with Gasteiger partial charge in [-0.1, -0.05) is 30.3 Å². The van der Waals surface area contributed by atoms with Crippen molar-refractivity contribution in [1.29, 1.82) is 0 Å². The molecule has 15 heavy (non-hydrogen) atoms. The van der Waals surface area contributed by atoms with Crippen LogP contribution in [0.1, 0.15) is 19.4 Å². The zero-order chi connectivity index (χ0) is 10.9. The molecule has 0 spiro atoms. The van der Waals surface area contributed by atoms with Gasteiger partial charge >= 0.3 is 0 Å². The molecule has 1 aliphatic heterocycles. The quantitative estimate of drug-likeness (QED) is 0.774. The first-order valence-electron chi connectivity index (χ1n) is 5.11. The lowest BCUT2D eigenvalue weighted by Gasteiger charge is -2.24. The second-order valence-electron chi connectivity index (χ2n) is 4.38. The molecule has 1 saturated heterocycles. The van der Waals surface area contributed by atoms with Gasteiger partial charge in [0.05, 0.1) is 6.04 Å². The first-order valence-corrected chi connectivity index (χ1v) is 5.52. The highest BCUT2D eigenvalue weighted by Gasteiger charge is 2.38. The first-order chi connectivity index (χ1) is 7.08. The minimum absolute atomic E-state index is 0.215. The zero-order valence-electron chi connectivity index (χ0n) is 8.99.